The van der Waals surface area contributed by atoms with Crippen molar-refractivity contribution in [3.63, 3.8) is 0 Å². The Hall–Kier alpha value is -3.35. The normalized spacial score (nSPS) is 18.5. The summed E-state index contributed by atoms with van der Waals surface area (Å²) in [5.41, 5.74) is 3.50. The second-order valence-electron chi connectivity index (χ2n) is 15.1. The molecular weight excluding hydrogens is 848 g/mol. The summed E-state index contributed by atoms with van der Waals surface area (Å²) in [5, 5.41) is 9.78. The number of piperazine rings is 1. The highest BCUT2D eigenvalue weighted by Gasteiger charge is 2.52. The maximum atomic E-state index is 15.3. The lowest BCUT2D eigenvalue weighted by molar-refractivity contribution is -0.136. The van der Waals surface area contributed by atoms with Gasteiger partial charge in [0, 0.05) is 50.8 Å². The monoisotopic (exact) mass is 891 g/mol. The Bertz CT molecular complexity index is 1970. The maximum absolute atomic E-state index is 15.3. The summed E-state index contributed by atoms with van der Waals surface area (Å²) in [6.07, 6.45) is 3.06. The van der Waals surface area contributed by atoms with Gasteiger partial charge in [0.25, 0.3) is 5.91 Å². The number of aliphatic hydroxyl groups is 1. The van der Waals surface area contributed by atoms with E-state index in [1.807, 2.05) is 53.4 Å². The number of rotatable bonds is 13. The smallest absolute Gasteiger partial charge is 0.411 e. The molecule has 1 aliphatic carbocycles. The van der Waals surface area contributed by atoms with Crippen LogP contribution in [0.2, 0.25) is 0 Å². The number of carbonyl (C=O) groups excluding carboxylic acids is 3. The molecule has 3 aliphatic rings. The molecular formula is C42H46BrCl3FN3O6. The van der Waals surface area contributed by atoms with Gasteiger partial charge in [0.05, 0.1) is 23.2 Å². The van der Waals surface area contributed by atoms with E-state index in [9.17, 15) is 19.1 Å². The van der Waals surface area contributed by atoms with Crippen LogP contribution in [0, 0.1) is 5.82 Å². The van der Waals surface area contributed by atoms with Crippen molar-refractivity contribution >= 4 is 74.2 Å². The zero-order chi connectivity index (χ0) is 40.4. The van der Waals surface area contributed by atoms with E-state index >= 15 is 4.79 Å². The number of nitrogens with zero attached hydrogens (tertiary/aromatic N) is 3. The molecule has 56 heavy (non-hydrogen) atoms. The molecule has 6 rings (SSSR count). The van der Waals surface area contributed by atoms with E-state index in [1.165, 1.54) is 32.9 Å². The Morgan fingerprint density at radius 2 is 1.68 bits per heavy atom. The predicted molar refractivity (Wildman–Crippen MR) is 219 cm³/mol. The molecule has 1 saturated heterocycles. The summed E-state index contributed by atoms with van der Waals surface area (Å²) in [5.74, 6) is -0.315. The molecule has 1 N–H and O–H groups in total. The molecule has 1 saturated carbocycles. The van der Waals surface area contributed by atoms with Gasteiger partial charge in [-0.3, -0.25) is 14.5 Å². The molecule has 2 heterocycles. The summed E-state index contributed by atoms with van der Waals surface area (Å²) in [6, 6.07) is 18.8. The lowest BCUT2D eigenvalue weighted by Gasteiger charge is -2.51. The molecule has 2 aliphatic heterocycles. The Kier molecular flexibility index (Phi) is 13.3. The third-order valence-corrected chi connectivity index (χ3v) is 12.7. The van der Waals surface area contributed by atoms with E-state index in [-0.39, 0.29) is 49.8 Å². The van der Waals surface area contributed by atoms with Gasteiger partial charge in [0.2, 0.25) is 9.70 Å². The number of hydrogen-bond acceptors (Lipinski definition) is 6. The molecule has 2 atom stereocenters. The van der Waals surface area contributed by atoms with E-state index in [4.69, 9.17) is 44.3 Å². The first-order valence-electron chi connectivity index (χ1n) is 18.8. The molecule has 0 aromatic heterocycles. The quantitative estimate of drug-likeness (QED) is 0.136. The fraction of sp³-hybridized carbons (Fsp3) is 0.452. The number of carbonyl (C=O) groups is 3. The SMILES string of the molecule is CC(=O)N1CC2CC(c3ccc(CCCOc4cc(F)ccc4Br)cc3)=C(C(=O)N(Cc3ccccc3CCO)C3CC3)C(C1)N2C(=O)OC(C)(C)C(Cl)(Cl)Cl. The van der Waals surface area contributed by atoms with Gasteiger partial charge in [0.15, 0.2) is 5.60 Å². The highest BCUT2D eigenvalue weighted by molar-refractivity contribution is 9.10. The van der Waals surface area contributed by atoms with Crippen LogP contribution in [0.4, 0.5) is 9.18 Å². The zero-order valence-corrected chi connectivity index (χ0v) is 35.4. The fourth-order valence-corrected chi connectivity index (χ4v) is 7.88. The number of benzene rings is 3. The lowest BCUT2D eigenvalue weighted by atomic mass is 9.81. The topological polar surface area (TPSA) is 99.6 Å². The van der Waals surface area contributed by atoms with Crippen molar-refractivity contribution in [1.29, 1.82) is 0 Å². The lowest BCUT2D eigenvalue weighted by Crippen LogP contribution is -2.66. The average Bonchev–Trinajstić information content (AvgIpc) is 3.99. The highest BCUT2D eigenvalue weighted by atomic mass is 79.9. The van der Waals surface area contributed by atoms with Crippen molar-refractivity contribution in [3.8, 4) is 5.75 Å². The van der Waals surface area contributed by atoms with Crippen molar-refractivity contribution in [1.82, 2.24) is 14.7 Å². The molecule has 3 aromatic carbocycles. The second-order valence-corrected chi connectivity index (χ2v) is 18.2. The van der Waals surface area contributed by atoms with E-state index in [0.717, 1.165) is 40.7 Å². The van der Waals surface area contributed by atoms with Crippen LogP contribution in [0.25, 0.3) is 5.57 Å². The van der Waals surface area contributed by atoms with Crippen molar-refractivity contribution < 1.29 is 33.4 Å². The number of alkyl halides is 3. The summed E-state index contributed by atoms with van der Waals surface area (Å²) < 4.78 is 24.2. The van der Waals surface area contributed by atoms with E-state index < -0.39 is 27.6 Å². The first-order chi connectivity index (χ1) is 26.6. The van der Waals surface area contributed by atoms with E-state index in [1.54, 1.807) is 15.9 Å². The van der Waals surface area contributed by atoms with Crippen LogP contribution in [-0.2, 0) is 33.7 Å². The van der Waals surface area contributed by atoms with Crippen LogP contribution in [0.3, 0.4) is 0 Å². The largest absolute Gasteiger partial charge is 0.492 e. The summed E-state index contributed by atoms with van der Waals surface area (Å²) in [6.45, 7) is 5.52. The maximum Gasteiger partial charge on any atom is 0.411 e. The standard InChI is InChI=1S/C42H46BrCl3FN3O6/c1-26(52)48-24-33-22-34(29-12-10-27(11-13-29)7-6-20-55-37-21-31(47)14-17-35(37)43)38(36(25-48)50(33)40(54)56-41(2,3)42(44,45)46)39(53)49(32-15-16-32)23-30-9-5-4-8-28(30)18-19-51/h4-5,8-14,17,21,32-33,36,51H,6-7,15-16,18-20,22-25H2,1-3H3. The molecule has 2 fully saturated rings. The molecule has 2 unspecified atom stereocenters. The molecule has 3 aromatic rings. The third kappa shape index (κ3) is 9.67. The average molecular weight is 894 g/mol. The van der Waals surface area contributed by atoms with E-state index in [2.05, 4.69) is 15.9 Å². The Labute approximate surface area is 350 Å². The number of hydrogen-bond donors (Lipinski definition) is 1. The highest BCUT2D eigenvalue weighted by Crippen LogP contribution is 2.44. The molecule has 300 valence electrons. The predicted octanol–water partition coefficient (Wildman–Crippen LogP) is 8.67. The van der Waals surface area contributed by atoms with Gasteiger partial charge in [-0.15, -0.1) is 0 Å². The Balaban J connectivity index is 1.36. The van der Waals surface area contributed by atoms with Crippen LogP contribution in [-0.4, -0.2) is 91.5 Å². The van der Waals surface area contributed by atoms with Crippen molar-refractivity contribution in [3.05, 3.63) is 105 Å². The van der Waals surface area contributed by atoms with E-state index in [0.29, 0.717) is 48.2 Å². The second kappa shape index (κ2) is 17.6. The van der Waals surface area contributed by atoms with Crippen molar-refractivity contribution in [2.75, 3.05) is 26.3 Å². The molecule has 9 nitrogen and oxygen atoms in total. The number of halogens is 5. The number of aryl methyl sites for hydroxylation is 1. The fourth-order valence-electron chi connectivity index (χ4n) is 7.40. The van der Waals surface area contributed by atoms with Crippen LogP contribution >= 0.6 is 50.7 Å². The summed E-state index contributed by atoms with van der Waals surface area (Å²) in [7, 11) is 0. The summed E-state index contributed by atoms with van der Waals surface area (Å²) in [4.78, 5) is 47.5. The Morgan fingerprint density at radius 3 is 2.32 bits per heavy atom. The number of amides is 3. The minimum Gasteiger partial charge on any atom is -0.492 e. The van der Waals surface area contributed by atoms with Gasteiger partial charge in [-0.25, -0.2) is 9.18 Å². The molecule has 0 radical (unpaired) electrons. The van der Waals surface area contributed by atoms with Gasteiger partial charge in [0.1, 0.15) is 11.6 Å². The molecule has 3 amide bonds. The Morgan fingerprint density at radius 1 is 0.982 bits per heavy atom. The van der Waals surface area contributed by atoms with Gasteiger partial charge in [-0.05, 0) is 108 Å². The molecule has 2 bridgehead atoms. The minimum absolute atomic E-state index is 0.00931. The first kappa shape index (κ1) is 42.3. The molecule has 14 heteroatoms. The zero-order valence-electron chi connectivity index (χ0n) is 31.6. The number of aliphatic hydroxyl groups excluding tert-OH is 1. The molecule has 0 spiro atoms. The van der Waals surface area contributed by atoms with Gasteiger partial charge in [-0.1, -0.05) is 83.3 Å². The van der Waals surface area contributed by atoms with Crippen LogP contribution in [0.15, 0.2) is 76.8 Å². The van der Waals surface area contributed by atoms with Gasteiger partial charge in [-0.2, -0.15) is 0 Å². The summed E-state index contributed by atoms with van der Waals surface area (Å²) >= 11 is 22.1. The first-order valence-corrected chi connectivity index (χ1v) is 20.7. The minimum atomic E-state index is -1.94. The van der Waals surface area contributed by atoms with Crippen LogP contribution in [0.5, 0.6) is 5.75 Å². The number of ether oxygens (including phenoxy) is 2. The van der Waals surface area contributed by atoms with Gasteiger partial charge < -0.3 is 24.4 Å². The van der Waals surface area contributed by atoms with Crippen molar-refractivity contribution in [2.24, 2.45) is 0 Å². The number of fused-ring (bicyclic) bond motifs is 2. The van der Waals surface area contributed by atoms with Crippen molar-refractivity contribution in [2.45, 2.75) is 93.4 Å². The third-order valence-electron chi connectivity index (χ3n) is 10.7. The van der Waals surface area contributed by atoms with Crippen LogP contribution in [0.1, 0.15) is 68.7 Å². The van der Waals surface area contributed by atoms with Crippen LogP contribution < -0.4 is 4.74 Å². The van der Waals surface area contributed by atoms with Gasteiger partial charge >= 0.3 is 6.09 Å².